The van der Waals surface area contributed by atoms with Crippen molar-refractivity contribution in [3.05, 3.63) is 54.5 Å². The normalized spacial score (nSPS) is 14.8. The second-order valence-electron chi connectivity index (χ2n) is 9.47. The summed E-state index contributed by atoms with van der Waals surface area (Å²) in [6, 6.07) is 8.81. The van der Waals surface area contributed by atoms with Crippen molar-refractivity contribution >= 4 is 52.0 Å². The summed E-state index contributed by atoms with van der Waals surface area (Å²) in [5, 5.41) is 11.7. The summed E-state index contributed by atoms with van der Waals surface area (Å²) in [7, 11) is -2.20. The fourth-order valence-electron chi connectivity index (χ4n) is 4.20. The van der Waals surface area contributed by atoms with Crippen molar-refractivity contribution < 1.29 is 13.2 Å². The summed E-state index contributed by atoms with van der Waals surface area (Å²) in [4.78, 5) is 9.53. The molecule has 10 nitrogen and oxygen atoms in total. The van der Waals surface area contributed by atoms with E-state index < -0.39 is 10.0 Å². The Kier molecular flexibility index (Phi) is 9.11. The largest absolute Gasteiger partial charge is 0.382 e. The summed E-state index contributed by atoms with van der Waals surface area (Å²) in [5.74, 6) is 1.47. The molecule has 1 aliphatic rings. The van der Waals surface area contributed by atoms with E-state index in [2.05, 4.69) is 27.6 Å². The predicted octanol–water partition coefficient (Wildman–Crippen LogP) is 5.08. The van der Waals surface area contributed by atoms with E-state index in [1.165, 1.54) is 23.0 Å². The van der Waals surface area contributed by atoms with E-state index in [0.717, 1.165) is 5.56 Å². The zero-order valence-corrected chi connectivity index (χ0v) is 23.2. The number of methoxy groups -OCH3 is 1. The lowest BCUT2D eigenvalue weighted by Gasteiger charge is -2.16. The molecule has 0 amide bonds. The molecule has 4 aromatic rings. The number of rotatable bonds is 10. The van der Waals surface area contributed by atoms with Gasteiger partial charge in [-0.1, -0.05) is 25.1 Å². The van der Waals surface area contributed by atoms with Crippen molar-refractivity contribution in [2.45, 2.75) is 58.0 Å². The Labute approximate surface area is 231 Å². The summed E-state index contributed by atoms with van der Waals surface area (Å²) in [6.07, 6.45) is 7.42. The predicted molar refractivity (Wildman–Crippen MR) is 156 cm³/mol. The van der Waals surface area contributed by atoms with E-state index >= 15 is 0 Å². The van der Waals surface area contributed by atoms with Crippen LogP contribution >= 0.6 is 13.5 Å². The van der Waals surface area contributed by atoms with Crippen LogP contribution in [0.15, 0.2) is 53.8 Å². The number of nitrogens with one attached hydrogen (secondary N) is 2. The molecule has 0 bridgehead atoms. The van der Waals surface area contributed by atoms with Crippen molar-refractivity contribution in [1.29, 1.82) is 0 Å². The molecule has 2 atom stereocenters. The molecule has 1 aromatic carbocycles. The van der Waals surface area contributed by atoms with Gasteiger partial charge >= 0.3 is 0 Å². The van der Waals surface area contributed by atoms with Gasteiger partial charge in [-0.25, -0.2) is 12.4 Å². The van der Waals surface area contributed by atoms with Gasteiger partial charge in [-0.2, -0.15) is 28.6 Å². The molecule has 5 rings (SSSR count). The van der Waals surface area contributed by atoms with Gasteiger partial charge in [0.25, 0.3) is 10.0 Å². The lowest BCUT2D eigenvalue weighted by Crippen LogP contribution is -2.19. The van der Waals surface area contributed by atoms with E-state index in [4.69, 9.17) is 9.72 Å². The van der Waals surface area contributed by atoms with Crippen LogP contribution in [0.4, 0.5) is 17.5 Å². The van der Waals surface area contributed by atoms with Gasteiger partial charge in [-0.05, 0) is 57.7 Å². The lowest BCUT2D eigenvalue weighted by atomic mass is 10.2. The van der Waals surface area contributed by atoms with Gasteiger partial charge < -0.3 is 15.4 Å². The summed E-state index contributed by atoms with van der Waals surface area (Å²) >= 11 is 0. The first-order chi connectivity index (χ1) is 17.3. The molecule has 1 unspecified atom stereocenters. The van der Waals surface area contributed by atoms with Crippen LogP contribution in [0.3, 0.4) is 0 Å². The van der Waals surface area contributed by atoms with Crippen LogP contribution in [0, 0.1) is 12.8 Å². The number of anilines is 3. The van der Waals surface area contributed by atoms with Gasteiger partial charge in [0.05, 0.1) is 34.8 Å². The van der Waals surface area contributed by atoms with Crippen LogP contribution < -0.4 is 10.6 Å². The van der Waals surface area contributed by atoms with E-state index in [1.807, 2.05) is 20.0 Å². The highest BCUT2D eigenvalue weighted by atomic mass is 32.2. The quantitative estimate of drug-likeness (QED) is 0.276. The van der Waals surface area contributed by atoms with Crippen LogP contribution in [0.1, 0.15) is 45.7 Å². The molecule has 0 radical (unpaired) electrons. The van der Waals surface area contributed by atoms with Crippen LogP contribution in [0.2, 0.25) is 0 Å². The molecule has 0 spiro atoms. The van der Waals surface area contributed by atoms with Gasteiger partial charge in [0.2, 0.25) is 5.95 Å². The minimum atomic E-state index is -3.85. The molecule has 1 fully saturated rings. The van der Waals surface area contributed by atoms with Gasteiger partial charge in [0.1, 0.15) is 5.82 Å². The summed E-state index contributed by atoms with van der Waals surface area (Å²) < 4.78 is 35.3. The highest BCUT2D eigenvalue weighted by Crippen LogP contribution is 2.35. The number of benzene rings is 1. The maximum Gasteiger partial charge on any atom is 0.269 e. The van der Waals surface area contributed by atoms with Gasteiger partial charge in [-0.3, -0.25) is 4.68 Å². The van der Waals surface area contributed by atoms with Crippen molar-refractivity contribution in [2.24, 2.45) is 5.92 Å². The van der Waals surface area contributed by atoms with Crippen LogP contribution in [-0.4, -0.2) is 51.9 Å². The van der Waals surface area contributed by atoms with Crippen molar-refractivity contribution in [3.8, 4) is 0 Å². The van der Waals surface area contributed by atoms with E-state index in [0.29, 0.717) is 35.1 Å². The molecule has 1 saturated carbocycles. The Morgan fingerprint density at radius 1 is 1.13 bits per heavy atom. The number of ether oxygens (including phenoxy) is 1. The van der Waals surface area contributed by atoms with Crippen LogP contribution in [0.5, 0.6) is 0 Å². The SMILES string of the molecule is C.COCC(C)n1cc(Nc2nc(N[C@@H](C)C3CC3)c3ccn(S(=O)(=O)c4ccc(C)cc4)c3n2)cn1.S. The zero-order valence-electron chi connectivity index (χ0n) is 21.3. The third-order valence-electron chi connectivity index (χ3n) is 6.50. The zero-order chi connectivity index (χ0) is 25.4. The van der Waals surface area contributed by atoms with Gasteiger partial charge in [0, 0.05) is 25.5 Å². The molecule has 3 heterocycles. The molecular formula is C26H37N7O3S2. The summed E-state index contributed by atoms with van der Waals surface area (Å²) in [6.45, 7) is 6.58. The molecule has 1 aliphatic carbocycles. The maximum absolute atomic E-state index is 13.5. The Morgan fingerprint density at radius 3 is 2.50 bits per heavy atom. The number of fused-ring (bicyclic) bond motifs is 1. The van der Waals surface area contributed by atoms with Gasteiger partial charge in [-0.15, -0.1) is 0 Å². The number of aromatic nitrogens is 5. The van der Waals surface area contributed by atoms with Crippen molar-refractivity contribution in [2.75, 3.05) is 24.4 Å². The minimum absolute atomic E-state index is 0. The first-order valence-corrected chi connectivity index (χ1v) is 13.5. The smallest absolute Gasteiger partial charge is 0.269 e. The highest BCUT2D eigenvalue weighted by Gasteiger charge is 2.29. The molecular weight excluding hydrogens is 522 g/mol. The number of aryl methyl sites for hydroxylation is 1. The second-order valence-corrected chi connectivity index (χ2v) is 11.3. The Morgan fingerprint density at radius 2 is 1.84 bits per heavy atom. The molecule has 0 saturated heterocycles. The Hall–Kier alpha value is -3.09. The van der Waals surface area contributed by atoms with Crippen LogP contribution in [0.25, 0.3) is 11.0 Å². The average molecular weight is 560 g/mol. The topological polar surface area (TPSA) is 116 Å². The standard InChI is InChI=1S/C25H31N7O3S.CH4.H2S/c1-16-5-9-21(10-6-16)36(33,34)32-12-11-22-23(27-18(3)19-7-8-19)29-25(30-24(22)32)28-20-13-26-31(14-20)17(2)15-35-4;;/h5-6,9-14,17-19H,7-8,15H2,1-4H3,(H2,27,28,29,30);1H4;1H2/t17?,18-;;/m0../s1. The van der Waals surface area contributed by atoms with Gasteiger partial charge in [0.15, 0.2) is 5.65 Å². The monoisotopic (exact) mass is 559 g/mol. The number of nitrogens with zero attached hydrogens (tertiary/aromatic N) is 5. The molecule has 0 aliphatic heterocycles. The number of hydrogen-bond donors (Lipinski definition) is 2. The third kappa shape index (κ3) is 5.97. The average Bonchev–Trinajstić information content (AvgIpc) is 3.44. The van der Waals surface area contributed by atoms with Crippen LogP contribution in [-0.2, 0) is 14.8 Å². The fourth-order valence-corrected chi connectivity index (χ4v) is 5.49. The third-order valence-corrected chi connectivity index (χ3v) is 8.18. The molecule has 12 heteroatoms. The molecule has 206 valence electrons. The highest BCUT2D eigenvalue weighted by molar-refractivity contribution is 7.90. The molecule has 2 N–H and O–H groups in total. The second kappa shape index (κ2) is 11.7. The summed E-state index contributed by atoms with van der Waals surface area (Å²) in [5.41, 5.74) is 1.98. The van der Waals surface area contributed by atoms with E-state index in [-0.39, 0.29) is 43.8 Å². The van der Waals surface area contributed by atoms with E-state index in [9.17, 15) is 8.42 Å². The first-order valence-electron chi connectivity index (χ1n) is 12.0. The number of hydrogen-bond acceptors (Lipinski definition) is 8. The molecule has 3 aromatic heterocycles. The maximum atomic E-state index is 13.5. The first kappa shape index (κ1) is 29.5. The molecule has 38 heavy (non-hydrogen) atoms. The Balaban J connectivity index is 0.00000200. The van der Waals surface area contributed by atoms with E-state index in [1.54, 1.807) is 48.3 Å². The van der Waals surface area contributed by atoms with Crippen molar-refractivity contribution in [1.82, 2.24) is 23.7 Å². The fraction of sp³-hybridized carbons (Fsp3) is 0.423. The van der Waals surface area contributed by atoms with Crippen molar-refractivity contribution in [3.63, 3.8) is 0 Å². The lowest BCUT2D eigenvalue weighted by molar-refractivity contribution is 0.157. The minimum Gasteiger partial charge on any atom is -0.382 e. The Bertz CT molecular complexity index is 1480.